The van der Waals surface area contributed by atoms with Gasteiger partial charge < -0.3 is 10.1 Å². The molecule has 2 aromatic rings. The highest BCUT2D eigenvalue weighted by atomic mass is 16.5. The average Bonchev–Trinajstić information content (AvgIpc) is 2.82. The van der Waals surface area contributed by atoms with Crippen molar-refractivity contribution >= 4 is 11.6 Å². The van der Waals surface area contributed by atoms with Crippen LogP contribution in [0.25, 0.3) is 0 Å². The van der Waals surface area contributed by atoms with Gasteiger partial charge in [0.1, 0.15) is 5.75 Å². The molecule has 17 heavy (non-hydrogen) atoms. The fraction of sp³-hybridized carbons (Fsp3) is 0.167. The second-order valence-corrected chi connectivity index (χ2v) is 3.51. The van der Waals surface area contributed by atoms with Crippen LogP contribution in [0.3, 0.4) is 0 Å². The molecule has 0 aliphatic heterocycles. The highest BCUT2D eigenvalue weighted by molar-refractivity contribution is 5.93. The van der Waals surface area contributed by atoms with Crippen molar-refractivity contribution in [1.29, 1.82) is 0 Å². The maximum absolute atomic E-state index is 11.7. The Morgan fingerprint density at radius 1 is 1.41 bits per heavy atom. The highest BCUT2D eigenvalue weighted by Gasteiger charge is 2.07. The molecule has 0 unspecified atom stereocenters. The number of para-hydroxylation sites is 2. The number of anilines is 1. The fourth-order valence-corrected chi connectivity index (χ4v) is 1.50. The number of nitrogens with one attached hydrogen (secondary N) is 2. The monoisotopic (exact) mass is 231 g/mol. The molecule has 2 rings (SSSR count). The first-order valence-electron chi connectivity index (χ1n) is 5.20. The van der Waals surface area contributed by atoms with Crippen LogP contribution >= 0.6 is 0 Å². The fourth-order valence-electron chi connectivity index (χ4n) is 1.50. The Morgan fingerprint density at radius 2 is 2.24 bits per heavy atom. The molecule has 0 atom stereocenters. The van der Waals surface area contributed by atoms with Crippen molar-refractivity contribution in [3.05, 3.63) is 42.2 Å². The second-order valence-electron chi connectivity index (χ2n) is 3.51. The molecule has 0 saturated carbocycles. The molecule has 0 aliphatic carbocycles. The van der Waals surface area contributed by atoms with E-state index in [2.05, 4.69) is 15.5 Å². The van der Waals surface area contributed by atoms with Crippen molar-refractivity contribution in [2.45, 2.75) is 6.42 Å². The number of hydrogen-bond acceptors (Lipinski definition) is 3. The molecule has 0 fully saturated rings. The Kier molecular flexibility index (Phi) is 3.40. The topological polar surface area (TPSA) is 67.0 Å². The van der Waals surface area contributed by atoms with Crippen molar-refractivity contribution in [3.8, 4) is 5.75 Å². The maximum Gasteiger partial charge on any atom is 0.230 e. The lowest BCUT2D eigenvalue weighted by Crippen LogP contribution is -2.15. The van der Waals surface area contributed by atoms with E-state index in [9.17, 15) is 4.79 Å². The van der Waals surface area contributed by atoms with E-state index in [0.29, 0.717) is 11.4 Å². The van der Waals surface area contributed by atoms with Gasteiger partial charge in [-0.05, 0) is 18.2 Å². The van der Waals surface area contributed by atoms with Gasteiger partial charge in [0.15, 0.2) is 0 Å². The van der Waals surface area contributed by atoms with Crippen LogP contribution in [0.5, 0.6) is 5.75 Å². The highest BCUT2D eigenvalue weighted by Crippen LogP contribution is 2.22. The van der Waals surface area contributed by atoms with Crippen LogP contribution < -0.4 is 10.1 Å². The normalized spacial score (nSPS) is 9.94. The SMILES string of the molecule is COc1ccccc1NC(=O)Cc1ccn[nH]1. The van der Waals surface area contributed by atoms with E-state index in [1.54, 1.807) is 31.5 Å². The molecule has 0 spiro atoms. The molecular formula is C12H13N3O2. The number of carbonyl (C=O) groups is 1. The van der Waals surface area contributed by atoms with E-state index in [0.717, 1.165) is 5.69 Å². The van der Waals surface area contributed by atoms with Gasteiger partial charge in [0.05, 0.1) is 19.2 Å². The van der Waals surface area contributed by atoms with Gasteiger partial charge >= 0.3 is 0 Å². The summed E-state index contributed by atoms with van der Waals surface area (Å²) in [6, 6.07) is 9.05. The van der Waals surface area contributed by atoms with Gasteiger partial charge in [-0.2, -0.15) is 5.10 Å². The molecule has 88 valence electrons. The Hall–Kier alpha value is -2.30. The van der Waals surface area contributed by atoms with Crippen LogP contribution in [-0.4, -0.2) is 23.2 Å². The third-order valence-corrected chi connectivity index (χ3v) is 2.29. The number of aromatic nitrogens is 2. The van der Waals surface area contributed by atoms with Crippen LogP contribution in [-0.2, 0) is 11.2 Å². The van der Waals surface area contributed by atoms with E-state index in [1.165, 1.54) is 0 Å². The van der Waals surface area contributed by atoms with Gasteiger partial charge in [0.25, 0.3) is 0 Å². The van der Waals surface area contributed by atoms with Crippen LogP contribution in [0, 0.1) is 0 Å². The third-order valence-electron chi connectivity index (χ3n) is 2.29. The molecule has 0 saturated heterocycles. The van der Waals surface area contributed by atoms with Gasteiger partial charge in [-0.25, -0.2) is 0 Å². The van der Waals surface area contributed by atoms with Gasteiger partial charge in [-0.3, -0.25) is 9.89 Å². The van der Waals surface area contributed by atoms with Crippen LogP contribution in [0.4, 0.5) is 5.69 Å². The maximum atomic E-state index is 11.7. The summed E-state index contributed by atoms with van der Waals surface area (Å²) in [7, 11) is 1.57. The number of benzene rings is 1. The largest absolute Gasteiger partial charge is 0.495 e. The number of hydrogen-bond donors (Lipinski definition) is 2. The Balaban J connectivity index is 2.03. The Labute approximate surface area is 98.8 Å². The van der Waals surface area contributed by atoms with E-state index in [1.807, 2.05) is 12.1 Å². The zero-order valence-electron chi connectivity index (χ0n) is 9.43. The van der Waals surface area contributed by atoms with Crippen molar-refractivity contribution in [2.75, 3.05) is 12.4 Å². The summed E-state index contributed by atoms with van der Waals surface area (Å²) in [4.78, 5) is 11.7. The molecule has 1 heterocycles. The summed E-state index contributed by atoms with van der Waals surface area (Å²) in [5.41, 5.74) is 1.44. The number of rotatable bonds is 4. The molecule has 2 N–H and O–H groups in total. The van der Waals surface area contributed by atoms with E-state index in [-0.39, 0.29) is 12.3 Å². The van der Waals surface area contributed by atoms with Crippen molar-refractivity contribution in [3.63, 3.8) is 0 Å². The summed E-state index contributed by atoms with van der Waals surface area (Å²) < 4.78 is 5.15. The first kappa shape index (κ1) is 11.2. The molecule has 1 aromatic heterocycles. The predicted molar refractivity (Wildman–Crippen MR) is 63.9 cm³/mol. The number of carbonyl (C=O) groups excluding carboxylic acids is 1. The van der Waals surface area contributed by atoms with Crippen molar-refractivity contribution < 1.29 is 9.53 Å². The zero-order chi connectivity index (χ0) is 12.1. The van der Waals surface area contributed by atoms with Crippen LogP contribution in [0.2, 0.25) is 0 Å². The van der Waals surface area contributed by atoms with E-state index in [4.69, 9.17) is 4.74 Å². The zero-order valence-corrected chi connectivity index (χ0v) is 9.43. The molecule has 5 nitrogen and oxygen atoms in total. The summed E-state index contributed by atoms with van der Waals surface area (Å²) in [6.07, 6.45) is 1.88. The first-order valence-corrected chi connectivity index (χ1v) is 5.20. The molecule has 0 radical (unpaired) electrons. The lowest BCUT2D eigenvalue weighted by atomic mass is 10.2. The molecule has 0 aliphatic rings. The molecule has 1 aromatic carbocycles. The minimum atomic E-state index is -0.112. The number of aromatic amines is 1. The Morgan fingerprint density at radius 3 is 2.94 bits per heavy atom. The van der Waals surface area contributed by atoms with Crippen LogP contribution in [0.1, 0.15) is 5.69 Å². The number of ether oxygens (including phenoxy) is 1. The molecule has 5 heteroatoms. The lowest BCUT2D eigenvalue weighted by molar-refractivity contribution is -0.115. The number of nitrogens with zero attached hydrogens (tertiary/aromatic N) is 1. The van der Waals surface area contributed by atoms with Gasteiger partial charge in [0.2, 0.25) is 5.91 Å². The van der Waals surface area contributed by atoms with Crippen LogP contribution in [0.15, 0.2) is 36.5 Å². The van der Waals surface area contributed by atoms with Gasteiger partial charge in [-0.15, -0.1) is 0 Å². The van der Waals surface area contributed by atoms with Gasteiger partial charge in [-0.1, -0.05) is 12.1 Å². The minimum Gasteiger partial charge on any atom is -0.495 e. The summed E-state index contributed by atoms with van der Waals surface area (Å²) in [5.74, 6) is 0.532. The summed E-state index contributed by atoms with van der Waals surface area (Å²) in [6.45, 7) is 0. The lowest BCUT2D eigenvalue weighted by Gasteiger charge is -2.09. The number of H-pyrrole nitrogens is 1. The Bertz CT molecular complexity index is 494. The number of amides is 1. The smallest absolute Gasteiger partial charge is 0.230 e. The van der Waals surface area contributed by atoms with Crippen molar-refractivity contribution in [2.24, 2.45) is 0 Å². The average molecular weight is 231 g/mol. The van der Waals surface area contributed by atoms with Crippen molar-refractivity contribution in [1.82, 2.24) is 10.2 Å². The predicted octanol–water partition coefficient (Wildman–Crippen LogP) is 1.60. The molecular weight excluding hydrogens is 218 g/mol. The second kappa shape index (κ2) is 5.16. The van der Waals surface area contributed by atoms with E-state index >= 15 is 0 Å². The quantitative estimate of drug-likeness (QED) is 0.839. The summed E-state index contributed by atoms with van der Waals surface area (Å²) in [5, 5.41) is 9.31. The third kappa shape index (κ3) is 2.84. The first-order chi connectivity index (χ1) is 8.29. The molecule has 0 bridgehead atoms. The minimum absolute atomic E-state index is 0.112. The standard InChI is InChI=1S/C12H13N3O2/c1-17-11-5-3-2-4-10(11)14-12(16)8-9-6-7-13-15-9/h2-7H,8H2,1H3,(H,13,15)(H,14,16). The molecule has 1 amide bonds. The van der Waals surface area contributed by atoms with E-state index < -0.39 is 0 Å². The van der Waals surface area contributed by atoms with Gasteiger partial charge in [0, 0.05) is 11.9 Å². The summed E-state index contributed by atoms with van der Waals surface area (Å²) >= 11 is 0. The number of methoxy groups -OCH3 is 1.